The van der Waals surface area contributed by atoms with Gasteiger partial charge in [0.25, 0.3) is 0 Å². The third kappa shape index (κ3) is 11.2. The maximum absolute atomic E-state index is 11.1. The number of thioether (sulfide) groups is 1. The Labute approximate surface area is 94.5 Å². The van der Waals surface area contributed by atoms with E-state index in [1.54, 1.807) is 11.8 Å². The first-order chi connectivity index (χ1) is 7.16. The zero-order valence-electron chi connectivity index (χ0n) is 9.04. The summed E-state index contributed by atoms with van der Waals surface area (Å²) >= 11 is 1.65. The number of carbonyl (C=O) groups excluding carboxylic acids is 2. The highest BCUT2D eigenvalue weighted by atomic mass is 32.2. The molecule has 0 aromatic carbocycles. The highest BCUT2D eigenvalue weighted by molar-refractivity contribution is 7.99. The highest BCUT2D eigenvalue weighted by Crippen LogP contribution is 2.00. The lowest BCUT2D eigenvalue weighted by Gasteiger charge is -2.03. The van der Waals surface area contributed by atoms with E-state index in [4.69, 9.17) is 5.73 Å². The van der Waals surface area contributed by atoms with Crippen LogP contribution in [0.1, 0.15) is 13.3 Å². The molecule has 15 heavy (non-hydrogen) atoms. The van der Waals surface area contributed by atoms with E-state index in [0.29, 0.717) is 26.1 Å². The Kier molecular flexibility index (Phi) is 9.30. The summed E-state index contributed by atoms with van der Waals surface area (Å²) in [4.78, 5) is 21.6. The van der Waals surface area contributed by atoms with E-state index < -0.39 is 0 Å². The summed E-state index contributed by atoms with van der Waals surface area (Å²) in [5.74, 6) is 1.63. The second-order valence-corrected chi connectivity index (χ2v) is 4.21. The molecular formula is C9H19N3O2S. The molecule has 0 bridgehead atoms. The van der Waals surface area contributed by atoms with Gasteiger partial charge in [-0.2, -0.15) is 11.8 Å². The molecule has 0 unspecified atom stereocenters. The van der Waals surface area contributed by atoms with Gasteiger partial charge in [0.05, 0.1) is 0 Å². The smallest absolute Gasteiger partial charge is 0.220 e. The number of hydrogen-bond donors (Lipinski definition) is 3. The van der Waals surface area contributed by atoms with Crippen molar-refractivity contribution in [3.05, 3.63) is 0 Å². The number of carbonyl (C=O) groups is 2. The molecule has 0 spiro atoms. The van der Waals surface area contributed by atoms with Gasteiger partial charge < -0.3 is 16.4 Å². The van der Waals surface area contributed by atoms with Crippen LogP contribution in [0.5, 0.6) is 0 Å². The molecule has 2 amide bonds. The molecule has 0 aromatic rings. The van der Waals surface area contributed by atoms with Gasteiger partial charge in [-0.25, -0.2) is 0 Å². The molecule has 5 nitrogen and oxygen atoms in total. The fourth-order valence-corrected chi connectivity index (χ4v) is 1.65. The van der Waals surface area contributed by atoms with Crippen LogP contribution in [0.15, 0.2) is 0 Å². The zero-order chi connectivity index (χ0) is 11.5. The number of rotatable bonds is 8. The van der Waals surface area contributed by atoms with Crippen molar-refractivity contribution in [3.63, 3.8) is 0 Å². The fourth-order valence-electron chi connectivity index (χ4n) is 0.866. The second-order valence-electron chi connectivity index (χ2n) is 2.98. The number of nitrogens with one attached hydrogen (secondary N) is 2. The Hall–Kier alpha value is -0.750. The van der Waals surface area contributed by atoms with Gasteiger partial charge in [-0.3, -0.25) is 9.59 Å². The predicted molar refractivity (Wildman–Crippen MR) is 62.7 cm³/mol. The maximum Gasteiger partial charge on any atom is 0.220 e. The van der Waals surface area contributed by atoms with Crippen LogP contribution in [0.3, 0.4) is 0 Å². The summed E-state index contributed by atoms with van der Waals surface area (Å²) in [5.41, 5.74) is 5.24. The van der Waals surface area contributed by atoms with Crippen molar-refractivity contribution in [1.82, 2.24) is 10.6 Å². The lowest BCUT2D eigenvalue weighted by molar-refractivity contribution is -0.120. The number of hydrogen-bond acceptors (Lipinski definition) is 4. The van der Waals surface area contributed by atoms with Crippen LogP contribution in [-0.2, 0) is 9.59 Å². The van der Waals surface area contributed by atoms with Crippen LogP contribution in [0.25, 0.3) is 0 Å². The minimum atomic E-state index is -0.0173. The van der Waals surface area contributed by atoms with Crippen molar-refractivity contribution in [2.75, 3.05) is 31.1 Å². The Morgan fingerprint density at radius 2 is 1.93 bits per heavy atom. The molecule has 0 aromatic heterocycles. The summed E-state index contributed by atoms with van der Waals surface area (Å²) in [6, 6.07) is 0. The van der Waals surface area contributed by atoms with Crippen molar-refractivity contribution in [2.45, 2.75) is 13.3 Å². The topological polar surface area (TPSA) is 84.2 Å². The van der Waals surface area contributed by atoms with Crippen LogP contribution >= 0.6 is 11.8 Å². The Morgan fingerprint density at radius 3 is 2.53 bits per heavy atom. The molecule has 0 radical (unpaired) electrons. The van der Waals surface area contributed by atoms with Crippen molar-refractivity contribution >= 4 is 23.6 Å². The molecule has 88 valence electrons. The van der Waals surface area contributed by atoms with Gasteiger partial charge in [-0.05, 0) is 0 Å². The van der Waals surface area contributed by atoms with E-state index in [0.717, 1.165) is 11.5 Å². The van der Waals surface area contributed by atoms with Gasteiger partial charge >= 0.3 is 0 Å². The summed E-state index contributed by atoms with van der Waals surface area (Å²) in [6.45, 7) is 3.16. The predicted octanol–water partition coefficient (Wildman–Crippen LogP) is -0.679. The Bertz CT molecular complexity index is 200. The summed E-state index contributed by atoms with van der Waals surface area (Å²) in [6.07, 6.45) is 0.505. The van der Waals surface area contributed by atoms with E-state index in [1.165, 1.54) is 6.92 Å². The molecular weight excluding hydrogens is 214 g/mol. The van der Waals surface area contributed by atoms with Crippen LogP contribution in [0.4, 0.5) is 0 Å². The SMILES string of the molecule is CC(=O)NCCSCCC(=O)NCCN. The van der Waals surface area contributed by atoms with Gasteiger partial charge in [-0.15, -0.1) is 0 Å². The normalized spacial score (nSPS) is 9.73. The third-order valence-corrected chi connectivity index (χ3v) is 2.55. The van der Waals surface area contributed by atoms with Crippen LogP contribution in [0.2, 0.25) is 0 Å². The monoisotopic (exact) mass is 233 g/mol. The molecule has 0 aliphatic carbocycles. The van der Waals surface area contributed by atoms with Crippen LogP contribution in [-0.4, -0.2) is 43.0 Å². The first-order valence-corrected chi connectivity index (χ1v) is 6.11. The first kappa shape index (κ1) is 14.2. The molecule has 0 rings (SSSR count). The van der Waals surface area contributed by atoms with Crippen LogP contribution < -0.4 is 16.4 Å². The number of nitrogens with two attached hydrogens (primary N) is 1. The molecule has 0 atom stereocenters. The lowest BCUT2D eigenvalue weighted by atomic mass is 10.4. The highest BCUT2D eigenvalue weighted by Gasteiger charge is 1.99. The van der Waals surface area contributed by atoms with Crippen molar-refractivity contribution in [2.24, 2.45) is 5.73 Å². The quantitative estimate of drug-likeness (QED) is 0.485. The summed E-state index contributed by atoms with van der Waals surface area (Å²) in [5, 5.41) is 5.39. The molecule has 6 heteroatoms. The van der Waals surface area contributed by atoms with E-state index >= 15 is 0 Å². The van der Waals surface area contributed by atoms with Crippen LogP contribution in [0, 0.1) is 0 Å². The molecule has 0 saturated heterocycles. The third-order valence-electron chi connectivity index (χ3n) is 1.56. The molecule has 4 N–H and O–H groups in total. The second kappa shape index (κ2) is 9.79. The molecule has 0 fully saturated rings. The van der Waals surface area contributed by atoms with E-state index in [9.17, 15) is 9.59 Å². The van der Waals surface area contributed by atoms with E-state index in [1.807, 2.05) is 0 Å². The first-order valence-electron chi connectivity index (χ1n) is 4.95. The van der Waals surface area contributed by atoms with Gasteiger partial charge in [0.2, 0.25) is 11.8 Å². The molecule has 0 saturated carbocycles. The van der Waals surface area contributed by atoms with Gasteiger partial charge in [0.1, 0.15) is 0 Å². The summed E-state index contributed by atoms with van der Waals surface area (Å²) in [7, 11) is 0. The Balaban J connectivity index is 3.16. The summed E-state index contributed by atoms with van der Waals surface area (Å²) < 4.78 is 0. The molecule has 0 heterocycles. The largest absolute Gasteiger partial charge is 0.356 e. The molecule has 0 aliphatic heterocycles. The number of amides is 2. The van der Waals surface area contributed by atoms with E-state index in [2.05, 4.69) is 10.6 Å². The van der Waals surface area contributed by atoms with Crippen molar-refractivity contribution in [3.8, 4) is 0 Å². The standard InChI is InChI=1S/C9H19N3O2S/c1-8(13)11-5-7-15-6-2-9(14)12-4-3-10/h2-7,10H2,1H3,(H,11,13)(H,12,14). The molecule has 0 aliphatic rings. The van der Waals surface area contributed by atoms with E-state index in [-0.39, 0.29) is 11.8 Å². The maximum atomic E-state index is 11.1. The minimum absolute atomic E-state index is 0.0173. The Morgan fingerprint density at radius 1 is 1.20 bits per heavy atom. The van der Waals surface area contributed by atoms with Gasteiger partial charge in [-0.1, -0.05) is 0 Å². The average Bonchev–Trinajstić information content (AvgIpc) is 2.19. The lowest BCUT2D eigenvalue weighted by Crippen LogP contribution is -2.29. The van der Waals surface area contributed by atoms with Crippen molar-refractivity contribution in [1.29, 1.82) is 0 Å². The average molecular weight is 233 g/mol. The van der Waals surface area contributed by atoms with Gasteiger partial charge in [0.15, 0.2) is 0 Å². The minimum Gasteiger partial charge on any atom is -0.356 e. The van der Waals surface area contributed by atoms with Gasteiger partial charge in [0, 0.05) is 44.5 Å². The van der Waals surface area contributed by atoms with Crippen molar-refractivity contribution < 1.29 is 9.59 Å². The zero-order valence-corrected chi connectivity index (χ0v) is 9.86. The fraction of sp³-hybridized carbons (Fsp3) is 0.778.